The van der Waals surface area contributed by atoms with Gasteiger partial charge in [-0.05, 0) is 30.4 Å². The molecule has 2 aliphatic rings. The Morgan fingerprint density at radius 1 is 1.17 bits per heavy atom. The zero-order valence-electron chi connectivity index (χ0n) is 18.4. The molecule has 0 N–H and O–H groups in total. The third-order valence-corrected chi connectivity index (χ3v) is 8.63. The average Bonchev–Trinajstić information content (AvgIpc) is 3.13. The molecule has 1 saturated heterocycles. The smallest absolute Gasteiger partial charge is 0.352 e. The van der Waals surface area contributed by atoms with Crippen molar-refractivity contribution < 1.29 is 18.0 Å². The van der Waals surface area contributed by atoms with Crippen molar-refractivity contribution in [1.82, 2.24) is 14.5 Å². The largest absolute Gasteiger partial charge is 0.417 e. The Morgan fingerprint density at radius 2 is 1.91 bits per heavy atom. The molecule has 0 spiro atoms. The lowest BCUT2D eigenvalue weighted by Crippen LogP contribution is -2.49. The summed E-state index contributed by atoms with van der Waals surface area (Å²) in [6, 6.07) is 2.65. The standard InChI is InChI=1S/C23H20ClF3N4O2S2/c1-2-17(32)29-5-7-30(8-6-29)21-14-11-15(23(25,26)27)18(16-10-13(24)12-35-16)20-19(14)31(22(33)28-21)4-3-9-34-20/h2,10-12H,1,3-9H2. The van der Waals surface area contributed by atoms with Gasteiger partial charge in [-0.3, -0.25) is 9.36 Å². The summed E-state index contributed by atoms with van der Waals surface area (Å²) in [7, 11) is 0. The topological polar surface area (TPSA) is 58.4 Å². The fourth-order valence-electron chi connectivity index (χ4n) is 4.56. The zero-order chi connectivity index (χ0) is 24.9. The van der Waals surface area contributed by atoms with E-state index >= 15 is 0 Å². The van der Waals surface area contributed by atoms with Crippen LogP contribution in [0.5, 0.6) is 0 Å². The third kappa shape index (κ3) is 4.34. The maximum absolute atomic E-state index is 14.4. The molecule has 0 aliphatic carbocycles. The zero-order valence-corrected chi connectivity index (χ0v) is 20.8. The number of halogens is 4. The number of benzene rings is 1. The minimum Gasteiger partial charge on any atom is -0.352 e. The van der Waals surface area contributed by atoms with E-state index in [4.69, 9.17) is 11.6 Å². The van der Waals surface area contributed by atoms with Gasteiger partial charge in [0.25, 0.3) is 0 Å². The van der Waals surface area contributed by atoms with E-state index in [9.17, 15) is 22.8 Å². The molecule has 12 heteroatoms. The van der Waals surface area contributed by atoms with Gasteiger partial charge in [-0.25, -0.2) is 4.79 Å². The van der Waals surface area contributed by atoms with E-state index in [0.29, 0.717) is 65.2 Å². The van der Waals surface area contributed by atoms with Crippen LogP contribution in [0.15, 0.2) is 39.9 Å². The molecule has 1 aromatic carbocycles. The van der Waals surface area contributed by atoms with Crippen LogP contribution in [0, 0.1) is 0 Å². The lowest BCUT2D eigenvalue weighted by atomic mass is 10.0. The van der Waals surface area contributed by atoms with Crippen molar-refractivity contribution in [2.75, 3.05) is 36.8 Å². The first kappa shape index (κ1) is 24.2. The van der Waals surface area contributed by atoms with Gasteiger partial charge in [0.2, 0.25) is 5.91 Å². The summed E-state index contributed by atoms with van der Waals surface area (Å²) in [5, 5.41) is 2.25. The predicted octanol–water partition coefficient (Wildman–Crippen LogP) is 5.13. The van der Waals surface area contributed by atoms with Crippen molar-refractivity contribution in [3.8, 4) is 10.4 Å². The molecule has 5 rings (SSSR count). The average molecular weight is 541 g/mol. The number of rotatable bonds is 3. The van der Waals surface area contributed by atoms with Crippen LogP contribution in [0.3, 0.4) is 0 Å². The molecule has 0 radical (unpaired) electrons. The molecule has 2 aliphatic heterocycles. The molecule has 35 heavy (non-hydrogen) atoms. The van der Waals surface area contributed by atoms with Crippen molar-refractivity contribution in [1.29, 1.82) is 0 Å². The molecule has 1 amide bonds. The van der Waals surface area contributed by atoms with Gasteiger partial charge in [-0.15, -0.1) is 23.1 Å². The Bertz CT molecular complexity index is 1390. The highest BCUT2D eigenvalue weighted by Crippen LogP contribution is 2.49. The van der Waals surface area contributed by atoms with Crippen LogP contribution in [-0.4, -0.2) is 52.3 Å². The minimum absolute atomic E-state index is 0.0560. The van der Waals surface area contributed by atoms with Crippen LogP contribution >= 0.6 is 34.7 Å². The van der Waals surface area contributed by atoms with E-state index in [1.165, 1.54) is 28.5 Å². The number of amides is 1. The Kier molecular flexibility index (Phi) is 6.35. The number of piperazine rings is 1. The fraction of sp³-hybridized carbons (Fsp3) is 0.348. The van der Waals surface area contributed by atoms with Crippen LogP contribution < -0.4 is 10.6 Å². The molecular formula is C23H20ClF3N4O2S2. The minimum atomic E-state index is -4.63. The highest BCUT2D eigenvalue weighted by Gasteiger charge is 2.38. The highest BCUT2D eigenvalue weighted by atomic mass is 35.5. The summed E-state index contributed by atoms with van der Waals surface area (Å²) in [4.78, 5) is 33.6. The molecular weight excluding hydrogens is 521 g/mol. The molecule has 0 bridgehead atoms. The first-order chi connectivity index (χ1) is 16.7. The van der Waals surface area contributed by atoms with Crippen molar-refractivity contribution in [2.24, 2.45) is 0 Å². The molecule has 1 fully saturated rings. The molecule has 4 heterocycles. The molecule has 3 aromatic rings. The van der Waals surface area contributed by atoms with Crippen molar-refractivity contribution >= 4 is 57.3 Å². The van der Waals surface area contributed by atoms with E-state index in [2.05, 4.69) is 11.6 Å². The molecule has 2 aromatic heterocycles. The Balaban J connectivity index is 1.77. The highest BCUT2D eigenvalue weighted by molar-refractivity contribution is 7.99. The second kappa shape index (κ2) is 9.18. The summed E-state index contributed by atoms with van der Waals surface area (Å²) in [5.74, 6) is 0.583. The first-order valence-electron chi connectivity index (χ1n) is 10.9. The summed E-state index contributed by atoms with van der Waals surface area (Å²) in [6.45, 7) is 5.28. The van der Waals surface area contributed by atoms with Gasteiger partial charge in [0.1, 0.15) is 5.82 Å². The quantitative estimate of drug-likeness (QED) is 0.431. The molecule has 184 valence electrons. The monoisotopic (exact) mass is 540 g/mol. The van der Waals surface area contributed by atoms with Crippen molar-refractivity contribution in [3.63, 3.8) is 0 Å². The number of aromatic nitrogens is 2. The summed E-state index contributed by atoms with van der Waals surface area (Å²) in [5.41, 5.74) is -0.738. The number of anilines is 1. The predicted molar refractivity (Wildman–Crippen MR) is 134 cm³/mol. The van der Waals surface area contributed by atoms with Gasteiger partial charge in [0, 0.05) is 58.8 Å². The maximum Gasteiger partial charge on any atom is 0.417 e. The number of nitrogens with zero attached hydrogens (tertiary/aromatic N) is 4. The molecule has 0 unspecified atom stereocenters. The summed E-state index contributed by atoms with van der Waals surface area (Å²) < 4.78 is 44.8. The SMILES string of the molecule is C=CC(=O)N1CCN(c2nc(=O)n3c4c(c(-c5cc(Cl)cs5)c(C(F)(F)F)cc24)SCCC3)CC1. The summed E-state index contributed by atoms with van der Waals surface area (Å²) in [6.07, 6.45) is -2.77. The first-order valence-corrected chi connectivity index (χ1v) is 13.2. The Labute approximate surface area is 212 Å². The van der Waals surface area contributed by atoms with Gasteiger partial charge in [-0.2, -0.15) is 18.2 Å². The number of hydrogen-bond acceptors (Lipinski definition) is 6. The van der Waals surface area contributed by atoms with Gasteiger partial charge < -0.3 is 9.80 Å². The lowest BCUT2D eigenvalue weighted by molar-refractivity contribution is -0.137. The van der Waals surface area contributed by atoms with E-state index in [1.54, 1.807) is 15.2 Å². The fourth-order valence-corrected chi connectivity index (χ4v) is 6.96. The van der Waals surface area contributed by atoms with Crippen LogP contribution in [0.4, 0.5) is 19.0 Å². The van der Waals surface area contributed by atoms with Gasteiger partial charge in [-0.1, -0.05) is 18.2 Å². The third-order valence-electron chi connectivity index (χ3n) is 6.16. The van der Waals surface area contributed by atoms with Crippen LogP contribution in [0.1, 0.15) is 12.0 Å². The van der Waals surface area contributed by atoms with Crippen molar-refractivity contribution in [3.05, 3.63) is 51.2 Å². The van der Waals surface area contributed by atoms with E-state index in [1.807, 2.05) is 0 Å². The van der Waals surface area contributed by atoms with Crippen molar-refractivity contribution in [2.45, 2.75) is 24.0 Å². The summed E-state index contributed by atoms with van der Waals surface area (Å²) >= 11 is 8.55. The second-order valence-corrected chi connectivity index (χ2v) is 10.7. The number of carbonyl (C=O) groups is 1. The number of aryl methyl sites for hydroxylation is 1. The Morgan fingerprint density at radius 3 is 2.54 bits per heavy atom. The second-order valence-electron chi connectivity index (χ2n) is 8.24. The maximum atomic E-state index is 14.4. The number of carbonyl (C=O) groups excluding carboxylic acids is 1. The number of alkyl halides is 3. The van der Waals surface area contributed by atoms with Crippen LogP contribution in [0.2, 0.25) is 5.02 Å². The molecule has 0 atom stereocenters. The van der Waals surface area contributed by atoms with E-state index < -0.39 is 17.4 Å². The van der Waals surface area contributed by atoms with E-state index in [-0.39, 0.29) is 22.7 Å². The van der Waals surface area contributed by atoms with Crippen LogP contribution in [0.25, 0.3) is 21.3 Å². The van der Waals surface area contributed by atoms with Crippen LogP contribution in [-0.2, 0) is 17.5 Å². The van der Waals surface area contributed by atoms with Gasteiger partial charge >= 0.3 is 11.9 Å². The number of thiophene rings is 1. The molecule has 6 nitrogen and oxygen atoms in total. The number of hydrogen-bond donors (Lipinski definition) is 0. The Hall–Kier alpha value is -2.50. The number of thioether (sulfide) groups is 1. The normalized spacial score (nSPS) is 16.5. The van der Waals surface area contributed by atoms with Gasteiger partial charge in [0.15, 0.2) is 0 Å². The van der Waals surface area contributed by atoms with E-state index in [0.717, 1.165) is 17.4 Å². The lowest BCUT2D eigenvalue weighted by Gasteiger charge is -2.35. The molecule has 0 saturated carbocycles. The van der Waals surface area contributed by atoms with Gasteiger partial charge in [0.05, 0.1) is 16.1 Å².